The van der Waals surface area contributed by atoms with Crippen molar-refractivity contribution in [2.45, 2.75) is 38.3 Å². The van der Waals surface area contributed by atoms with Crippen molar-refractivity contribution in [3.63, 3.8) is 0 Å². The Labute approximate surface area is 126 Å². The van der Waals surface area contributed by atoms with Crippen molar-refractivity contribution in [1.82, 2.24) is 10.2 Å². The van der Waals surface area contributed by atoms with Gasteiger partial charge in [-0.3, -0.25) is 4.90 Å². The number of likely N-dealkylation sites (tertiary alicyclic amines) is 1. The normalized spacial score (nSPS) is 19.8. The molecule has 108 valence electrons. The molecule has 1 aromatic carbocycles. The minimum absolute atomic E-state index is 0.629. The highest BCUT2D eigenvalue weighted by molar-refractivity contribution is 6.31. The van der Waals surface area contributed by atoms with Gasteiger partial charge in [-0.15, -0.1) is 0 Å². The Morgan fingerprint density at radius 1 is 1.45 bits per heavy atom. The lowest BCUT2D eigenvalue weighted by Crippen LogP contribution is -2.40. The van der Waals surface area contributed by atoms with Crippen LogP contribution < -0.4 is 5.32 Å². The first-order valence-corrected chi connectivity index (χ1v) is 7.69. The summed E-state index contributed by atoms with van der Waals surface area (Å²) in [6.45, 7) is 3.09. The minimum atomic E-state index is 0.629. The molecule has 0 aromatic heterocycles. The van der Waals surface area contributed by atoms with Gasteiger partial charge in [0.25, 0.3) is 0 Å². The third-order valence-electron chi connectivity index (χ3n) is 4.03. The van der Waals surface area contributed by atoms with Gasteiger partial charge in [-0.1, -0.05) is 24.1 Å². The zero-order valence-electron chi connectivity index (χ0n) is 12.0. The molecular weight excluding hydrogens is 270 g/mol. The van der Waals surface area contributed by atoms with Crippen LogP contribution in [0.15, 0.2) is 18.2 Å². The molecule has 0 bridgehead atoms. The van der Waals surface area contributed by atoms with Gasteiger partial charge in [-0.25, -0.2) is 0 Å². The summed E-state index contributed by atoms with van der Waals surface area (Å²) in [5.41, 5.74) is 1.76. The lowest BCUT2D eigenvalue weighted by molar-refractivity contribution is 0.132. The van der Waals surface area contributed by atoms with Crippen LogP contribution in [0.5, 0.6) is 0 Å². The fourth-order valence-corrected chi connectivity index (χ4v) is 3.11. The second kappa shape index (κ2) is 7.64. The van der Waals surface area contributed by atoms with Gasteiger partial charge in [0, 0.05) is 17.6 Å². The molecule has 0 amide bonds. The third kappa shape index (κ3) is 3.96. The monoisotopic (exact) mass is 291 g/mol. The number of hydrogen-bond acceptors (Lipinski definition) is 3. The van der Waals surface area contributed by atoms with E-state index in [-0.39, 0.29) is 0 Å². The Kier molecular flexibility index (Phi) is 5.85. The molecule has 1 fully saturated rings. The highest BCUT2D eigenvalue weighted by Crippen LogP contribution is 2.25. The van der Waals surface area contributed by atoms with E-state index in [9.17, 15) is 0 Å². The van der Waals surface area contributed by atoms with Gasteiger partial charge in [0.15, 0.2) is 0 Å². The van der Waals surface area contributed by atoms with Crippen LogP contribution >= 0.6 is 11.6 Å². The Hall–Kier alpha value is -1.08. The van der Waals surface area contributed by atoms with Crippen LogP contribution in [0.1, 0.15) is 36.8 Å². The van der Waals surface area contributed by atoms with E-state index in [1.165, 1.54) is 25.7 Å². The van der Waals surface area contributed by atoms with E-state index in [4.69, 9.17) is 16.9 Å². The van der Waals surface area contributed by atoms with E-state index in [1.54, 1.807) is 6.07 Å². The molecule has 1 aliphatic heterocycles. The number of piperidine rings is 1. The van der Waals surface area contributed by atoms with Crippen molar-refractivity contribution in [1.29, 1.82) is 5.26 Å². The van der Waals surface area contributed by atoms with Crippen molar-refractivity contribution in [2.75, 3.05) is 20.1 Å². The predicted octanol–water partition coefficient (Wildman–Crippen LogP) is 3.18. The van der Waals surface area contributed by atoms with Crippen LogP contribution in [0.3, 0.4) is 0 Å². The Morgan fingerprint density at radius 2 is 2.30 bits per heavy atom. The van der Waals surface area contributed by atoms with Gasteiger partial charge in [-0.2, -0.15) is 5.26 Å². The number of nitriles is 1. The first-order chi connectivity index (χ1) is 9.74. The van der Waals surface area contributed by atoms with Crippen molar-refractivity contribution < 1.29 is 0 Å². The molecule has 1 unspecified atom stereocenters. The van der Waals surface area contributed by atoms with Crippen LogP contribution in [-0.2, 0) is 6.54 Å². The molecule has 3 nitrogen and oxygen atoms in total. The molecule has 0 spiro atoms. The van der Waals surface area contributed by atoms with E-state index < -0.39 is 0 Å². The summed E-state index contributed by atoms with van der Waals surface area (Å²) in [4.78, 5) is 2.54. The maximum Gasteiger partial charge on any atom is 0.0992 e. The summed E-state index contributed by atoms with van der Waals surface area (Å²) >= 11 is 6.29. The second-order valence-electron chi connectivity index (χ2n) is 5.43. The molecular formula is C16H22ClN3. The average molecular weight is 292 g/mol. The standard InChI is InChI=1S/C16H22ClN3/c1-19-8-7-15-4-2-3-9-20(15)12-14-6-5-13(11-18)10-16(14)17/h5-6,10,15,19H,2-4,7-9,12H2,1H3. The Bertz CT molecular complexity index is 481. The lowest BCUT2D eigenvalue weighted by Gasteiger charge is -2.36. The maximum atomic E-state index is 8.89. The Morgan fingerprint density at radius 3 is 3.00 bits per heavy atom. The van der Waals surface area contributed by atoms with Crippen molar-refractivity contribution in [2.24, 2.45) is 0 Å². The summed E-state index contributed by atoms with van der Waals surface area (Å²) < 4.78 is 0. The van der Waals surface area contributed by atoms with Crippen LogP contribution in [0, 0.1) is 11.3 Å². The summed E-state index contributed by atoms with van der Waals surface area (Å²) in [6.07, 6.45) is 5.05. The number of nitrogens with one attached hydrogen (secondary N) is 1. The summed E-state index contributed by atoms with van der Waals surface area (Å²) in [5.74, 6) is 0. The number of rotatable bonds is 5. The summed E-state index contributed by atoms with van der Waals surface area (Å²) in [5, 5.41) is 12.8. The highest BCUT2D eigenvalue weighted by atomic mass is 35.5. The van der Waals surface area contributed by atoms with Gasteiger partial charge in [0.2, 0.25) is 0 Å². The van der Waals surface area contributed by atoms with E-state index in [2.05, 4.69) is 16.3 Å². The topological polar surface area (TPSA) is 39.1 Å². The van der Waals surface area contributed by atoms with Crippen LogP contribution in [0.25, 0.3) is 0 Å². The van der Waals surface area contributed by atoms with Gasteiger partial charge >= 0.3 is 0 Å². The zero-order valence-corrected chi connectivity index (χ0v) is 12.8. The molecule has 1 aliphatic rings. The fourth-order valence-electron chi connectivity index (χ4n) is 2.87. The van der Waals surface area contributed by atoms with Crippen LogP contribution in [0.4, 0.5) is 0 Å². The SMILES string of the molecule is CNCCC1CCCCN1Cc1ccc(C#N)cc1Cl. The Balaban J connectivity index is 2.04. The molecule has 1 atom stereocenters. The van der Waals surface area contributed by atoms with Crippen molar-refractivity contribution in [3.8, 4) is 6.07 Å². The van der Waals surface area contributed by atoms with Gasteiger partial charge in [0.05, 0.1) is 11.6 Å². The zero-order chi connectivity index (χ0) is 14.4. The molecule has 4 heteroatoms. The molecule has 0 aliphatic carbocycles. The third-order valence-corrected chi connectivity index (χ3v) is 4.38. The average Bonchev–Trinajstić information content (AvgIpc) is 2.48. The van der Waals surface area contributed by atoms with Gasteiger partial charge in [0.1, 0.15) is 0 Å². The van der Waals surface area contributed by atoms with Crippen molar-refractivity contribution in [3.05, 3.63) is 34.3 Å². The first kappa shape index (κ1) is 15.3. The van der Waals surface area contributed by atoms with E-state index >= 15 is 0 Å². The maximum absolute atomic E-state index is 8.89. The molecule has 2 rings (SSSR count). The smallest absolute Gasteiger partial charge is 0.0992 e. The summed E-state index contributed by atoms with van der Waals surface area (Å²) in [6, 6.07) is 8.38. The molecule has 1 N–H and O–H groups in total. The van der Waals surface area contributed by atoms with Crippen molar-refractivity contribution >= 4 is 11.6 Å². The molecule has 1 aromatic rings. The minimum Gasteiger partial charge on any atom is -0.320 e. The molecule has 20 heavy (non-hydrogen) atoms. The quantitative estimate of drug-likeness (QED) is 0.906. The number of benzene rings is 1. The lowest BCUT2D eigenvalue weighted by atomic mass is 9.98. The number of halogens is 1. The van der Waals surface area contributed by atoms with E-state index in [0.717, 1.165) is 25.2 Å². The first-order valence-electron chi connectivity index (χ1n) is 7.31. The van der Waals surface area contributed by atoms with Gasteiger partial charge in [-0.05, 0) is 57.1 Å². The fraction of sp³-hybridized carbons (Fsp3) is 0.562. The number of nitrogens with zero attached hydrogens (tertiary/aromatic N) is 2. The van der Waals surface area contributed by atoms with Crippen LogP contribution in [-0.4, -0.2) is 31.1 Å². The van der Waals surface area contributed by atoms with E-state index in [0.29, 0.717) is 16.6 Å². The number of hydrogen-bond donors (Lipinski definition) is 1. The largest absolute Gasteiger partial charge is 0.320 e. The second-order valence-corrected chi connectivity index (χ2v) is 5.84. The summed E-state index contributed by atoms with van der Waals surface area (Å²) in [7, 11) is 2.00. The van der Waals surface area contributed by atoms with Crippen LogP contribution in [0.2, 0.25) is 5.02 Å². The molecule has 0 saturated carbocycles. The predicted molar refractivity (Wildman–Crippen MR) is 82.8 cm³/mol. The highest BCUT2D eigenvalue weighted by Gasteiger charge is 2.22. The molecule has 1 saturated heterocycles. The van der Waals surface area contributed by atoms with Gasteiger partial charge < -0.3 is 5.32 Å². The van der Waals surface area contributed by atoms with E-state index in [1.807, 2.05) is 19.2 Å². The molecule has 1 heterocycles. The molecule has 0 radical (unpaired) electrons.